The summed E-state index contributed by atoms with van der Waals surface area (Å²) in [6, 6.07) is 19.5. The van der Waals surface area contributed by atoms with E-state index in [0.717, 1.165) is 36.9 Å². The number of rotatable bonds is 13. The first-order valence-electron chi connectivity index (χ1n) is 13.7. The molecule has 2 aromatic rings. The van der Waals surface area contributed by atoms with Gasteiger partial charge < -0.3 is 23.9 Å². The fraction of sp³-hybridized carbons (Fsp3) is 0.452. The molecule has 1 N–H and O–H groups in total. The molecule has 2 fully saturated rings. The van der Waals surface area contributed by atoms with Crippen LogP contribution in [0.15, 0.2) is 85.0 Å². The first kappa shape index (κ1) is 28.2. The Morgan fingerprint density at radius 1 is 1.05 bits per heavy atom. The van der Waals surface area contributed by atoms with Gasteiger partial charge in [0, 0.05) is 18.4 Å². The molecule has 1 saturated heterocycles. The zero-order chi connectivity index (χ0) is 26.7. The van der Waals surface area contributed by atoms with Crippen LogP contribution in [-0.4, -0.2) is 49.2 Å². The van der Waals surface area contributed by atoms with Crippen molar-refractivity contribution in [3.63, 3.8) is 0 Å². The molecular formula is C31H39BO6. The smallest absolute Gasteiger partial charge is 0.491 e. The lowest BCUT2D eigenvalue weighted by molar-refractivity contribution is -0.147. The van der Waals surface area contributed by atoms with Crippen molar-refractivity contribution in [3.05, 3.63) is 85.0 Å². The van der Waals surface area contributed by atoms with Gasteiger partial charge in [-0.05, 0) is 63.0 Å². The van der Waals surface area contributed by atoms with Gasteiger partial charge in [0.2, 0.25) is 0 Å². The summed E-state index contributed by atoms with van der Waals surface area (Å²) in [4.78, 5) is 11.8. The van der Waals surface area contributed by atoms with Crippen LogP contribution in [0.5, 0.6) is 5.75 Å². The van der Waals surface area contributed by atoms with E-state index in [-0.39, 0.29) is 49.8 Å². The van der Waals surface area contributed by atoms with Crippen LogP contribution in [-0.2, 0) is 18.8 Å². The number of unbranched alkanes of at least 4 members (excludes halogenated alkanes) is 1. The van der Waals surface area contributed by atoms with Gasteiger partial charge in [0.25, 0.3) is 0 Å². The molecule has 6 nitrogen and oxygen atoms in total. The summed E-state index contributed by atoms with van der Waals surface area (Å²) in [5.74, 6) is 0.940. The average molecular weight is 518 g/mol. The molecule has 4 rings (SSSR count). The highest BCUT2D eigenvalue weighted by molar-refractivity contribution is 6.61. The molecule has 7 heteroatoms. The third-order valence-corrected chi connectivity index (χ3v) is 6.95. The van der Waals surface area contributed by atoms with Crippen LogP contribution in [0.1, 0.15) is 46.0 Å². The normalized spacial score (nSPS) is 23.8. The third-order valence-electron chi connectivity index (χ3n) is 6.95. The van der Waals surface area contributed by atoms with Crippen molar-refractivity contribution in [2.24, 2.45) is 11.8 Å². The lowest BCUT2D eigenvalue weighted by Crippen LogP contribution is -2.45. The van der Waals surface area contributed by atoms with Crippen LogP contribution in [0.4, 0.5) is 0 Å². The van der Waals surface area contributed by atoms with Gasteiger partial charge in [-0.25, -0.2) is 0 Å². The van der Waals surface area contributed by atoms with Crippen molar-refractivity contribution in [1.82, 2.24) is 0 Å². The van der Waals surface area contributed by atoms with Gasteiger partial charge in [0.1, 0.15) is 18.5 Å². The van der Waals surface area contributed by atoms with E-state index in [1.807, 2.05) is 80.6 Å². The van der Waals surface area contributed by atoms with Gasteiger partial charge in [-0.2, -0.15) is 0 Å². The number of ether oxygens (including phenoxy) is 2. The minimum atomic E-state index is -0.719. The number of fused-ring (bicyclic) bond motifs is 2. The molecule has 2 aromatic carbocycles. The summed E-state index contributed by atoms with van der Waals surface area (Å²) in [5.41, 5.74) is 1.02. The van der Waals surface area contributed by atoms with E-state index in [1.165, 1.54) is 0 Å². The van der Waals surface area contributed by atoms with Gasteiger partial charge in [0.05, 0.1) is 12.2 Å². The zero-order valence-corrected chi connectivity index (χ0v) is 22.4. The Kier molecular flexibility index (Phi) is 10.6. The molecule has 2 aliphatic rings. The molecule has 38 heavy (non-hydrogen) atoms. The molecule has 202 valence electrons. The van der Waals surface area contributed by atoms with Crippen molar-refractivity contribution in [1.29, 1.82) is 0 Å². The molecule has 0 radical (unpaired) electrons. The average Bonchev–Trinajstić information content (AvgIpc) is 3.16. The predicted octanol–water partition coefficient (Wildman–Crippen LogP) is 4.87. The Hall–Kier alpha value is -2.87. The van der Waals surface area contributed by atoms with E-state index in [2.05, 4.69) is 18.2 Å². The Morgan fingerprint density at radius 3 is 2.50 bits per heavy atom. The Bertz CT molecular complexity index is 1040. The monoisotopic (exact) mass is 518 g/mol. The largest absolute Gasteiger partial charge is 0.494 e. The molecule has 1 aliphatic heterocycles. The summed E-state index contributed by atoms with van der Waals surface area (Å²) in [6.45, 7) is 3.92. The molecule has 0 spiro atoms. The van der Waals surface area contributed by atoms with E-state index in [9.17, 15) is 9.90 Å². The molecule has 0 aromatic heterocycles. The molecule has 0 amide bonds. The number of aliphatic hydroxyl groups excluding tert-OH is 1. The maximum absolute atomic E-state index is 11.8. The second kappa shape index (κ2) is 14.3. The van der Waals surface area contributed by atoms with Crippen molar-refractivity contribution in [2.75, 3.05) is 6.61 Å². The highest BCUT2D eigenvalue weighted by Gasteiger charge is 2.50. The molecule has 1 heterocycles. The summed E-state index contributed by atoms with van der Waals surface area (Å²) in [7, 11) is -0.386. The number of aliphatic hydroxyl groups is 1. The highest BCUT2D eigenvalue weighted by Crippen LogP contribution is 2.43. The Balaban J connectivity index is 1.36. The lowest BCUT2D eigenvalue weighted by atomic mass is 9.77. The Labute approximate surface area is 226 Å². The first-order valence-corrected chi connectivity index (χ1v) is 13.7. The third kappa shape index (κ3) is 8.32. The SMILES string of the molecule is CC(C)OC(=O)CCC/C=C/C[C@@H]1[C@@H](/C=C/C(O)COc2ccccc2)[C@H]2C[C@@H]1OB(c1ccccc1)O2. The van der Waals surface area contributed by atoms with E-state index in [4.69, 9.17) is 18.8 Å². The number of hydrogen-bond acceptors (Lipinski definition) is 6. The van der Waals surface area contributed by atoms with Gasteiger partial charge in [-0.1, -0.05) is 72.8 Å². The van der Waals surface area contributed by atoms with Gasteiger partial charge >= 0.3 is 13.1 Å². The van der Waals surface area contributed by atoms with Crippen LogP contribution in [0.2, 0.25) is 0 Å². The topological polar surface area (TPSA) is 74.2 Å². The predicted molar refractivity (Wildman–Crippen MR) is 149 cm³/mol. The summed E-state index contributed by atoms with van der Waals surface area (Å²) < 4.78 is 23.7. The number of allylic oxidation sites excluding steroid dienone is 2. The Morgan fingerprint density at radius 2 is 1.76 bits per heavy atom. The van der Waals surface area contributed by atoms with Gasteiger partial charge in [-0.15, -0.1) is 0 Å². The highest BCUT2D eigenvalue weighted by atomic mass is 16.6. The van der Waals surface area contributed by atoms with Gasteiger partial charge in [0.15, 0.2) is 0 Å². The number of para-hydroxylation sites is 1. The summed E-state index contributed by atoms with van der Waals surface area (Å²) in [6.07, 6.45) is 11.2. The first-order chi connectivity index (χ1) is 18.5. The van der Waals surface area contributed by atoms with E-state index >= 15 is 0 Å². The van der Waals surface area contributed by atoms with Gasteiger partial charge in [-0.3, -0.25) is 4.79 Å². The summed E-state index contributed by atoms with van der Waals surface area (Å²) >= 11 is 0. The van der Waals surface area contributed by atoms with E-state index < -0.39 is 6.10 Å². The van der Waals surface area contributed by atoms with Crippen LogP contribution in [0, 0.1) is 11.8 Å². The molecule has 2 bridgehead atoms. The minimum Gasteiger partial charge on any atom is -0.491 e. The maximum atomic E-state index is 11.8. The number of esters is 1. The van der Waals surface area contributed by atoms with Crippen LogP contribution < -0.4 is 10.2 Å². The van der Waals surface area contributed by atoms with Crippen molar-refractivity contribution in [3.8, 4) is 5.75 Å². The van der Waals surface area contributed by atoms with Crippen LogP contribution in [0.25, 0.3) is 0 Å². The van der Waals surface area contributed by atoms with Crippen molar-refractivity contribution < 1.29 is 28.7 Å². The number of benzene rings is 2. The quantitative estimate of drug-likeness (QED) is 0.177. The molecule has 5 atom stereocenters. The zero-order valence-electron chi connectivity index (χ0n) is 22.4. The molecule has 1 unspecified atom stereocenters. The van der Waals surface area contributed by atoms with E-state index in [1.54, 1.807) is 0 Å². The molecule has 1 saturated carbocycles. The molecule has 1 aliphatic carbocycles. The fourth-order valence-electron chi connectivity index (χ4n) is 5.15. The van der Waals surface area contributed by atoms with E-state index in [0.29, 0.717) is 6.42 Å². The number of carbonyl (C=O) groups excluding carboxylic acids is 1. The minimum absolute atomic E-state index is 0.0154. The lowest BCUT2D eigenvalue weighted by Gasteiger charge is -2.28. The maximum Gasteiger partial charge on any atom is 0.494 e. The summed E-state index contributed by atoms with van der Waals surface area (Å²) in [5, 5.41) is 10.6. The number of carbonyl (C=O) groups is 1. The second-order valence-corrected chi connectivity index (χ2v) is 10.3. The molecular weight excluding hydrogens is 479 g/mol. The van der Waals surface area contributed by atoms with Crippen LogP contribution in [0.3, 0.4) is 0 Å². The van der Waals surface area contributed by atoms with Crippen molar-refractivity contribution >= 4 is 18.6 Å². The second-order valence-electron chi connectivity index (χ2n) is 10.3. The standard InChI is InChI=1S/C31H39BO6/c1-23(2)36-31(34)18-12-4-3-11-17-27-28(20-19-25(33)22-35-26-15-9-6-10-16-26)30-21-29(27)37-32(38-30)24-13-7-5-8-14-24/h3,5-11,13-16,19-20,23,25,27-30,33H,4,12,17-18,21-22H2,1-2H3/b11-3+,20-19+/t25?,27-,28-,29+,30-/m1/s1. The van der Waals surface area contributed by atoms with Crippen LogP contribution >= 0.6 is 0 Å². The number of hydrogen-bond donors (Lipinski definition) is 1. The van der Waals surface area contributed by atoms with Crippen molar-refractivity contribution in [2.45, 2.75) is 70.4 Å². The fourth-order valence-corrected chi connectivity index (χ4v) is 5.15.